The molecule has 0 saturated heterocycles. The Morgan fingerprint density at radius 1 is 0.824 bits per heavy atom. The van der Waals surface area contributed by atoms with Crippen molar-refractivity contribution in [3.05, 3.63) is 71.8 Å². The first-order chi connectivity index (χ1) is 8.33. The summed E-state index contributed by atoms with van der Waals surface area (Å²) in [6, 6.07) is 20.3. The molecule has 1 aliphatic carbocycles. The Kier molecular flexibility index (Phi) is 2.49. The van der Waals surface area contributed by atoms with Crippen LogP contribution in [0.2, 0.25) is 0 Å². The Balaban J connectivity index is 1.95. The van der Waals surface area contributed by atoms with Gasteiger partial charge in [0.2, 0.25) is 0 Å². The number of aliphatic hydroxyl groups excluding tert-OH is 1. The Hall–Kier alpha value is -1.60. The first-order valence-electron chi connectivity index (χ1n) is 6.11. The molecule has 3 rings (SSSR count). The van der Waals surface area contributed by atoms with E-state index in [9.17, 15) is 5.11 Å². The summed E-state index contributed by atoms with van der Waals surface area (Å²) in [5, 5.41) is 10.6. The van der Waals surface area contributed by atoms with Crippen molar-refractivity contribution in [2.45, 2.75) is 24.4 Å². The third-order valence-corrected chi connectivity index (χ3v) is 3.78. The number of hydrogen-bond donors (Lipinski definition) is 1. The van der Waals surface area contributed by atoms with E-state index in [1.807, 2.05) is 48.5 Å². The highest BCUT2D eigenvalue weighted by Gasteiger charge is 2.50. The van der Waals surface area contributed by atoms with Gasteiger partial charge in [0.1, 0.15) is 0 Å². The van der Waals surface area contributed by atoms with Gasteiger partial charge >= 0.3 is 0 Å². The first kappa shape index (κ1) is 10.5. The predicted octanol–water partition coefficient (Wildman–Crippen LogP) is 3.45. The monoisotopic (exact) mass is 224 g/mol. The fourth-order valence-electron chi connectivity index (χ4n) is 2.58. The van der Waals surface area contributed by atoms with Gasteiger partial charge in [-0.3, -0.25) is 0 Å². The Morgan fingerprint density at radius 3 is 1.88 bits per heavy atom. The number of aliphatic hydroxyl groups is 1. The molecule has 0 bridgehead atoms. The Bertz CT molecular complexity index is 485. The van der Waals surface area contributed by atoms with E-state index >= 15 is 0 Å². The van der Waals surface area contributed by atoms with E-state index in [1.54, 1.807) is 0 Å². The molecule has 0 heterocycles. The Morgan fingerprint density at radius 2 is 1.35 bits per heavy atom. The average molecular weight is 224 g/mol. The summed E-state index contributed by atoms with van der Waals surface area (Å²) in [5.41, 5.74) is 2.24. The molecule has 2 aromatic carbocycles. The second kappa shape index (κ2) is 4.01. The summed E-state index contributed by atoms with van der Waals surface area (Å²) < 4.78 is 0. The molecule has 0 amide bonds. The highest BCUT2D eigenvalue weighted by molar-refractivity contribution is 5.37. The second-order valence-corrected chi connectivity index (χ2v) is 4.84. The highest BCUT2D eigenvalue weighted by atomic mass is 16.3. The largest absolute Gasteiger partial charge is 0.387 e. The minimum atomic E-state index is -0.383. The lowest BCUT2D eigenvalue weighted by Crippen LogP contribution is -2.18. The minimum absolute atomic E-state index is 0.0391. The molecule has 0 spiro atoms. The van der Waals surface area contributed by atoms with Crippen molar-refractivity contribution in [3.63, 3.8) is 0 Å². The van der Waals surface area contributed by atoms with Crippen LogP contribution in [0.25, 0.3) is 0 Å². The van der Waals surface area contributed by atoms with Gasteiger partial charge < -0.3 is 5.11 Å². The lowest BCUT2D eigenvalue weighted by Gasteiger charge is -2.23. The van der Waals surface area contributed by atoms with E-state index in [2.05, 4.69) is 12.1 Å². The minimum Gasteiger partial charge on any atom is -0.387 e. The van der Waals surface area contributed by atoms with Gasteiger partial charge in [-0.1, -0.05) is 60.7 Å². The van der Waals surface area contributed by atoms with E-state index in [4.69, 9.17) is 0 Å². The molecular weight excluding hydrogens is 208 g/mol. The van der Waals surface area contributed by atoms with Crippen molar-refractivity contribution in [1.29, 1.82) is 0 Å². The molecule has 2 aromatic rings. The molecule has 86 valence electrons. The molecule has 0 radical (unpaired) electrons. The highest BCUT2D eigenvalue weighted by Crippen LogP contribution is 2.56. The predicted molar refractivity (Wildman–Crippen MR) is 68.8 cm³/mol. The maximum atomic E-state index is 10.6. The molecule has 1 aliphatic rings. The summed E-state index contributed by atoms with van der Waals surface area (Å²) in [4.78, 5) is 0. The molecule has 17 heavy (non-hydrogen) atoms. The number of rotatable bonds is 3. The summed E-state index contributed by atoms with van der Waals surface area (Å²) in [7, 11) is 0. The summed E-state index contributed by atoms with van der Waals surface area (Å²) in [6.45, 7) is 0. The van der Waals surface area contributed by atoms with Crippen LogP contribution in [0, 0.1) is 0 Å². The molecule has 0 aromatic heterocycles. The van der Waals surface area contributed by atoms with Crippen molar-refractivity contribution >= 4 is 0 Å². The van der Waals surface area contributed by atoms with Crippen LogP contribution < -0.4 is 0 Å². The van der Waals surface area contributed by atoms with Crippen LogP contribution in [0.5, 0.6) is 0 Å². The zero-order chi connectivity index (χ0) is 11.7. The molecule has 1 fully saturated rings. The van der Waals surface area contributed by atoms with Gasteiger partial charge in [0.05, 0.1) is 6.10 Å². The van der Waals surface area contributed by atoms with Crippen molar-refractivity contribution in [3.8, 4) is 0 Å². The first-order valence-corrected chi connectivity index (χ1v) is 6.11. The fraction of sp³-hybridized carbons (Fsp3) is 0.250. The van der Waals surface area contributed by atoms with Gasteiger partial charge in [0, 0.05) is 5.41 Å². The van der Waals surface area contributed by atoms with Crippen LogP contribution in [0.3, 0.4) is 0 Å². The van der Waals surface area contributed by atoms with Crippen molar-refractivity contribution < 1.29 is 5.11 Å². The summed E-state index contributed by atoms with van der Waals surface area (Å²) >= 11 is 0. The van der Waals surface area contributed by atoms with Gasteiger partial charge in [-0.2, -0.15) is 0 Å². The third kappa shape index (κ3) is 1.77. The Labute approximate surface area is 102 Å². The molecular formula is C16H16O. The normalized spacial score (nSPS) is 18.6. The molecule has 1 atom stereocenters. The topological polar surface area (TPSA) is 20.2 Å². The van der Waals surface area contributed by atoms with Crippen LogP contribution in [-0.4, -0.2) is 5.11 Å². The quantitative estimate of drug-likeness (QED) is 0.846. The van der Waals surface area contributed by atoms with E-state index in [0.717, 1.165) is 18.4 Å². The summed E-state index contributed by atoms with van der Waals surface area (Å²) in [6.07, 6.45) is 1.77. The van der Waals surface area contributed by atoms with Gasteiger partial charge in [-0.25, -0.2) is 0 Å². The third-order valence-electron chi connectivity index (χ3n) is 3.78. The standard InChI is InChI=1S/C16H16O/c17-15(13-7-3-1-4-8-13)16(11-12-16)14-9-5-2-6-10-14/h1-10,15,17H,11-12H2. The molecule has 1 saturated carbocycles. The summed E-state index contributed by atoms with van der Waals surface area (Å²) in [5.74, 6) is 0. The van der Waals surface area contributed by atoms with Crippen molar-refractivity contribution in [2.75, 3.05) is 0 Å². The lowest BCUT2D eigenvalue weighted by atomic mass is 9.86. The van der Waals surface area contributed by atoms with E-state index in [0.29, 0.717) is 0 Å². The maximum Gasteiger partial charge on any atom is 0.0886 e. The van der Waals surface area contributed by atoms with Gasteiger partial charge in [0.15, 0.2) is 0 Å². The maximum absolute atomic E-state index is 10.6. The van der Waals surface area contributed by atoms with Crippen molar-refractivity contribution in [1.82, 2.24) is 0 Å². The van der Waals surface area contributed by atoms with Crippen LogP contribution in [-0.2, 0) is 5.41 Å². The van der Waals surface area contributed by atoms with Crippen LogP contribution >= 0.6 is 0 Å². The second-order valence-electron chi connectivity index (χ2n) is 4.84. The van der Waals surface area contributed by atoms with Gasteiger partial charge in [-0.15, -0.1) is 0 Å². The smallest absolute Gasteiger partial charge is 0.0886 e. The van der Waals surface area contributed by atoms with E-state index in [-0.39, 0.29) is 11.5 Å². The van der Waals surface area contributed by atoms with Crippen LogP contribution in [0.15, 0.2) is 60.7 Å². The average Bonchev–Trinajstić information content (AvgIpc) is 3.21. The zero-order valence-electron chi connectivity index (χ0n) is 9.71. The van der Waals surface area contributed by atoms with Crippen molar-refractivity contribution in [2.24, 2.45) is 0 Å². The number of benzene rings is 2. The fourth-order valence-corrected chi connectivity index (χ4v) is 2.58. The molecule has 1 heteroatoms. The van der Waals surface area contributed by atoms with Gasteiger partial charge in [-0.05, 0) is 24.0 Å². The molecule has 0 aliphatic heterocycles. The lowest BCUT2D eigenvalue weighted by molar-refractivity contribution is 0.133. The van der Waals surface area contributed by atoms with E-state index in [1.165, 1.54) is 5.56 Å². The van der Waals surface area contributed by atoms with Crippen LogP contribution in [0.1, 0.15) is 30.1 Å². The molecule has 1 unspecified atom stereocenters. The zero-order valence-corrected chi connectivity index (χ0v) is 9.71. The number of hydrogen-bond acceptors (Lipinski definition) is 1. The van der Waals surface area contributed by atoms with E-state index < -0.39 is 0 Å². The van der Waals surface area contributed by atoms with Gasteiger partial charge in [0.25, 0.3) is 0 Å². The van der Waals surface area contributed by atoms with Crippen LogP contribution in [0.4, 0.5) is 0 Å². The molecule has 1 nitrogen and oxygen atoms in total. The molecule has 1 N–H and O–H groups in total. The SMILES string of the molecule is OC(c1ccccc1)C1(c2ccccc2)CC1.